The Balaban J connectivity index is 0.000000270. The first-order chi connectivity index (χ1) is 22.2. The second-order valence-electron chi connectivity index (χ2n) is 11.2. The molecule has 0 amide bonds. The van der Waals surface area contributed by atoms with Crippen LogP contribution >= 0.6 is 11.3 Å². The molecule has 7 rings (SSSR count). The van der Waals surface area contributed by atoms with Crippen molar-refractivity contribution in [3.63, 3.8) is 0 Å². The van der Waals surface area contributed by atoms with Crippen LogP contribution in [0.25, 0.3) is 54.7 Å². The number of aromatic nitrogens is 3. The molecule has 0 aliphatic heterocycles. The quantitative estimate of drug-likeness (QED) is 0.168. The van der Waals surface area contributed by atoms with Crippen LogP contribution in [0.2, 0.25) is 0 Å². The summed E-state index contributed by atoms with van der Waals surface area (Å²) in [5, 5.41) is 2.39. The predicted octanol–water partition coefficient (Wildman–Crippen LogP) is 10.1. The molecule has 6 heteroatoms. The van der Waals surface area contributed by atoms with Gasteiger partial charge in [0.1, 0.15) is 0 Å². The maximum Gasteiger partial charge on any atom is 0.216 e. The third kappa shape index (κ3) is 6.47. The molecule has 5 heterocycles. The van der Waals surface area contributed by atoms with Gasteiger partial charge in [-0.1, -0.05) is 43.9 Å². The first-order valence-electron chi connectivity index (χ1n) is 16.2. The molecule has 0 unspecified atom stereocenters. The van der Waals surface area contributed by atoms with Gasteiger partial charge in [0.25, 0.3) is 0 Å². The van der Waals surface area contributed by atoms with E-state index >= 15 is 0 Å². The number of nitrogens with zero attached hydrogens (tertiary/aromatic N) is 3. The van der Waals surface area contributed by atoms with E-state index in [4.69, 9.17) is 11.3 Å². The largest absolute Gasteiger partial charge is 0.486 e. The number of furan rings is 1. The second-order valence-corrected chi connectivity index (χ2v) is 12.3. The molecule has 0 saturated carbocycles. The molecule has 0 aliphatic rings. The Bertz CT molecular complexity index is 2220. The zero-order chi connectivity index (χ0) is 33.7. The van der Waals surface area contributed by atoms with Crippen LogP contribution in [0.4, 0.5) is 0 Å². The van der Waals surface area contributed by atoms with Crippen molar-refractivity contribution in [2.45, 2.75) is 47.8 Å². The fraction of sp³-hybridized carbons (Fsp3) is 0.216. The van der Waals surface area contributed by atoms with E-state index in [-0.39, 0.29) is 31.5 Å². The molecule has 0 N–H and O–H groups in total. The van der Waals surface area contributed by atoms with Crippen molar-refractivity contribution in [2.75, 3.05) is 0 Å². The third-order valence-electron chi connectivity index (χ3n) is 6.76. The van der Waals surface area contributed by atoms with Crippen LogP contribution in [-0.4, -0.2) is 15.0 Å². The smallest absolute Gasteiger partial charge is 0.216 e. The third-order valence-corrected chi connectivity index (χ3v) is 7.93. The van der Waals surface area contributed by atoms with E-state index < -0.39 is 18.6 Å². The Morgan fingerprint density at radius 1 is 0.953 bits per heavy atom. The summed E-state index contributed by atoms with van der Waals surface area (Å²) in [7, 11) is 0. The van der Waals surface area contributed by atoms with E-state index in [2.05, 4.69) is 33.2 Å². The number of thiophene rings is 1. The summed E-state index contributed by atoms with van der Waals surface area (Å²) in [4.78, 5) is 13.9. The number of fused-ring (bicyclic) bond motifs is 4. The first-order valence-corrected chi connectivity index (χ1v) is 14.5. The van der Waals surface area contributed by atoms with Gasteiger partial charge >= 0.3 is 0 Å². The summed E-state index contributed by atoms with van der Waals surface area (Å²) >= 11 is 1.45. The van der Waals surface area contributed by atoms with Crippen molar-refractivity contribution in [2.24, 2.45) is 5.41 Å². The van der Waals surface area contributed by atoms with Gasteiger partial charge in [-0.15, -0.1) is 65.4 Å². The van der Waals surface area contributed by atoms with E-state index in [1.54, 1.807) is 18.3 Å². The fourth-order valence-electron chi connectivity index (χ4n) is 4.82. The number of rotatable bonds is 3. The Morgan fingerprint density at radius 2 is 1.81 bits per heavy atom. The van der Waals surface area contributed by atoms with Gasteiger partial charge < -0.3 is 14.4 Å². The molecule has 0 spiro atoms. The molecule has 0 atom stereocenters. The van der Waals surface area contributed by atoms with Gasteiger partial charge in [-0.25, -0.2) is 4.98 Å². The van der Waals surface area contributed by atoms with Crippen LogP contribution in [-0.2, 0) is 26.5 Å². The molecule has 4 nitrogen and oxygen atoms in total. The Morgan fingerprint density at radius 3 is 2.53 bits per heavy atom. The molecule has 43 heavy (non-hydrogen) atoms. The number of benzene rings is 2. The summed E-state index contributed by atoms with van der Waals surface area (Å²) in [5.41, 5.74) is 5.53. The van der Waals surface area contributed by atoms with Crippen molar-refractivity contribution in [3.8, 4) is 22.5 Å². The number of pyridine rings is 3. The first kappa shape index (κ1) is 24.7. The van der Waals surface area contributed by atoms with Crippen LogP contribution in [0, 0.1) is 38.2 Å². The minimum atomic E-state index is -2.33. The van der Waals surface area contributed by atoms with Gasteiger partial charge in [-0.3, -0.25) is 0 Å². The number of aryl methyl sites for hydroxylation is 3. The van der Waals surface area contributed by atoms with Crippen molar-refractivity contribution < 1.29 is 31.4 Å². The average Bonchev–Trinajstić information content (AvgIpc) is 3.59. The van der Waals surface area contributed by atoms with E-state index in [9.17, 15) is 0 Å². The zero-order valence-corrected chi connectivity index (χ0v) is 27.7. The molecule has 219 valence electrons. The maximum absolute atomic E-state index is 8.82. The van der Waals surface area contributed by atoms with Crippen molar-refractivity contribution in [1.29, 1.82) is 0 Å². The molecule has 0 saturated heterocycles. The normalized spacial score (nSPS) is 13.7. The molecular formula is C37H33IrN3OS-2. The summed E-state index contributed by atoms with van der Waals surface area (Å²) in [6, 6.07) is 27.1. The maximum atomic E-state index is 8.82. The van der Waals surface area contributed by atoms with Gasteiger partial charge in [0.15, 0.2) is 0 Å². The van der Waals surface area contributed by atoms with Crippen LogP contribution in [0.3, 0.4) is 0 Å². The summed E-state index contributed by atoms with van der Waals surface area (Å²) < 4.78 is 47.6. The van der Waals surface area contributed by atoms with Crippen LogP contribution in [0.15, 0.2) is 83.5 Å². The minimum Gasteiger partial charge on any atom is -0.486 e. The van der Waals surface area contributed by atoms with Gasteiger partial charge in [0.05, 0.1) is 5.58 Å². The number of hydrogen-bond donors (Lipinski definition) is 0. The molecule has 0 bridgehead atoms. The van der Waals surface area contributed by atoms with Crippen LogP contribution < -0.4 is 0 Å². The molecule has 7 aromatic rings. The van der Waals surface area contributed by atoms with E-state index in [1.807, 2.05) is 83.3 Å². The fourth-order valence-corrected chi connectivity index (χ4v) is 6.13. The van der Waals surface area contributed by atoms with Crippen molar-refractivity contribution in [1.82, 2.24) is 15.0 Å². The van der Waals surface area contributed by atoms with Gasteiger partial charge in [0, 0.05) is 65.7 Å². The molecular weight excluding hydrogens is 727 g/mol. The summed E-state index contributed by atoms with van der Waals surface area (Å²) in [6.45, 7) is 7.35. The molecule has 1 radical (unpaired) electrons. The van der Waals surface area contributed by atoms with Gasteiger partial charge in [0.2, 0.25) is 5.71 Å². The van der Waals surface area contributed by atoms with E-state index in [0.717, 1.165) is 37.7 Å². The predicted molar refractivity (Wildman–Crippen MR) is 175 cm³/mol. The van der Waals surface area contributed by atoms with Crippen molar-refractivity contribution in [3.05, 3.63) is 113 Å². The monoisotopic (exact) mass is 765 g/mol. The van der Waals surface area contributed by atoms with E-state index in [1.165, 1.54) is 23.0 Å². The molecule has 5 aromatic heterocycles. The van der Waals surface area contributed by atoms with Crippen LogP contribution in [0.1, 0.15) is 49.3 Å². The Labute approximate surface area is 277 Å². The Kier molecular flexibility index (Phi) is 7.18. The second kappa shape index (κ2) is 12.5. The summed E-state index contributed by atoms with van der Waals surface area (Å²) in [6.07, 6.45) is 2.06. The standard InChI is InChI=1S/C25H23N2OS.C12H10N.Ir/c1-14-9-10-17-16-7-6-8-18(23(16)28-24(17)27-14)22-21-15(2)20(13-25(3,4)5)29-19(21)11-12-26-22;1-10-7-8-12(13-9-10)11-5-3-2-4-6-11;/h6-7,9-12H,13H2,1-5H3;2-5,7-9H,1H3;/q2*-1;/i1D3,13D2;;. The van der Waals surface area contributed by atoms with Gasteiger partial charge in [-0.2, -0.15) is 0 Å². The molecule has 2 aromatic carbocycles. The van der Waals surface area contributed by atoms with E-state index in [0.29, 0.717) is 21.7 Å². The molecule has 0 fully saturated rings. The SMILES string of the molecule is Cc1ccc(-c2[c-]cccc2)nc1.[2H]C([2H])([2H])c1ccc2c(n1)oc1c(-c3nccc4sc(C([2H])([2H])C(C)(C)C)c(C)c34)[c-]ccc12.[Ir]. The van der Waals surface area contributed by atoms with Gasteiger partial charge in [-0.05, 0) is 72.9 Å². The number of hydrogen-bond acceptors (Lipinski definition) is 5. The average molecular weight is 765 g/mol. The minimum absolute atomic E-state index is 0. The van der Waals surface area contributed by atoms with Crippen molar-refractivity contribution >= 4 is 43.5 Å². The Hall–Kier alpha value is -3.70. The zero-order valence-electron chi connectivity index (χ0n) is 29.5. The molecule has 0 aliphatic carbocycles. The summed E-state index contributed by atoms with van der Waals surface area (Å²) in [5.74, 6) is 0. The topological polar surface area (TPSA) is 51.8 Å². The van der Waals surface area contributed by atoms with Crippen LogP contribution in [0.5, 0.6) is 0 Å².